The minimum atomic E-state index is -0.0213. The van der Waals surface area contributed by atoms with Gasteiger partial charge in [-0.1, -0.05) is 23.5 Å². The molecular weight excluding hydrogens is 410 g/mol. The van der Waals surface area contributed by atoms with Gasteiger partial charge in [0, 0.05) is 31.7 Å². The Morgan fingerprint density at radius 1 is 1.13 bits per heavy atom. The van der Waals surface area contributed by atoms with Crippen LogP contribution in [0.4, 0.5) is 5.13 Å². The van der Waals surface area contributed by atoms with Gasteiger partial charge in [0.15, 0.2) is 5.13 Å². The summed E-state index contributed by atoms with van der Waals surface area (Å²) in [5, 5.41) is 0.707. The highest BCUT2D eigenvalue weighted by Gasteiger charge is 2.24. The lowest BCUT2D eigenvalue weighted by Gasteiger charge is -2.29. The zero-order valence-electron chi connectivity index (χ0n) is 18.6. The molecule has 7 heteroatoms. The SMILES string of the molecule is COc1ccc(C)c2sc(N(CCN3CCOCC3)C(=O)c3ccc(C)c(C)c3)nc12. The number of methoxy groups -OCH3 is 1. The number of fused-ring (bicyclic) bond motifs is 1. The van der Waals surface area contributed by atoms with Gasteiger partial charge in [0.25, 0.3) is 5.91 Å². The van der Waals surface area contributed by atoms with Crippen LogP contribution in [0.2, 0.25) is 0 Å². The highest BCUT2D eigenvalue weighted by atomic mass is 32.1. The van der Waals surface area contributed by atoms with Crippen molar-refractivity contribution in [1.82, 2.24) is 9.88 Å². The van der Waals surface area contributed by atoms with Crippen LogP contribution >= 0.6 is 11.3 Å². The van der Waals surface area contributed by atoms with Crippen LogP contribution in [-0.2, 0) is 4.74 Å². The lowest BCUT2D eigenvalue weighted by Crippen LogP contribution is -2.43. The number of morpholine rings is 1. The van der Waals surface area contributed by atoms with Gasteiger partial charge >= 0.3 is 0 Å². The first kappa shape index (κ1) is 21.7. The fourth-order valence-electron chi connectivity index (χ4n) is 3.76. The monoisotopic (exact) mass is 439 g/mol. The molecule has 2 aromatic carbocycles. The Hall–Kier alpha value is -2.48. The highest BCUT2D eigenvalue weighted by Crippen LogP contribution is 2.36. The van der Waals surface area contributed by atoms with E-state index in [0.717, 1.165) is 59.9 Å². The van der Waals surface area contributed by atoms with Gasteiger partial charge < -0.3 is 9.47 Å². The maximum absolute atomic E-state index is 13.6. The molecule has 0 spiro atoms. The summed E-state index contributed by atoms with van der Waals surface area (Å²) in [6.45, 7) is 10.8. The topological polar surface area (TPSA) is 54.9 Å². The second-order valence-electron chi connectivity index (χ2n) is 7.97. The molecule has 2 heterocycles. The fourth-order valence-corrected chi connectivity index (χ4v) is 4.83. The molecule has 1 saturated heterocycles. The third-order valence-electron chi connectivity index (χ3n) is 5.89. The maximum atomic E-state index is 13.6. The zero-order valence-corrected chi connectivity index (χ0v) is 19.4. The molecule has 0 bridgehead atoms. The Morgan fingerprint density at radius 2 is 1.87 bits per heavy atom. The Labute approximate surface area is 187 Å². The molecule has 6 nitrogen and oxygen atoms in total. The van der Waals surface area contributed by atoms with Crippen LogP contribution in [0.3, 0.4) is 0 Å². The number of aryl methyl sites for hydroxylation is 3. The normalized spacial score (nSPS) is 14.7. The molecule has 0 saturated carbocycles. The number of anilines is 1. The fraction of sp³-hybridized carbons (Fsp3) is 0.417. The lowest BCUT2D eigenvalue weighted by atomic mass is 10.1. The number of thiazole rings is 1. The quantitative estimate of drug-likeness (QED) is 0.576. The third kappa shape index (κ3) is 4.59. The molecular formula is C24H29N3O3S. The number of hydrogen-bond donors (Lipinski definition) is 0. The van der Waals surface area contributed by atoms with E-state index in [1.165, 1.54) is 5.56 Å². The van der Waals surface area contributed by atoms with Crippen molar-refractivity contribution in [2.24, 2.45) is 0 Å². The van der Waals surface area contributed by atoms with E-state index in [9.17, 15) is 4.79 Å². The molecule has 164 valence electrons. The van der Waals surface area contributed by atoms with Crippen LogP contribution < -0.4 is 9.64 Å². The maximum Gasteiger partial charge on any atom is 0.260 e. The number of amides is 1. The number of carbonyl (C=O) groups excluding carboxylic acids is 1. The number of aromatic nitrogens is 1. The molecule has 4 rings (SSSR count). The lowest BCUT2D eigenvalue weighted by molar-refractivity contribution is 0.0391. The van der Waals surface area contributed by atoms with E-state index in [0.29, 0.717) is 17.2 Å². The molecule has 0 aliphatic carbocycles. The smallest absolute Gasteiger partial charge is 0.260 e. The molecule has 1 aliphatic heterocycles. The van der Waals surface area contributed by atoms with Crippen molar-refractivity contribution in [3.05, 3.63) is 52.6 Å². The van der Waals surface area contributed by atoms with Crippen molar-refractivity contribution in [1.29, 1.82) is 0 Å². The average Bonchev–Trinajstić information content (AvgIpc) is 3.23. The van der Waals surface area contributed by atoms with Crippen LogP contribution in [-0.4, -0.2) is 62.3 Å². The minimum absolute atomic E-state index is 0.0213. The number of rotatable bonds is 6. The predicted molar refractivity (Wildman–Crippen MR) is 126 cm³/mol. The van der Waals surface area contributed by atoms with Crippen molar-refractivity contribution in [3.8, 4) is 5.75 Å². The van der Waals surface area contributed by atoms with Gasteiger partial charge in [-0.25, -0.2) is 4.98 Å². The molecule has 0 N–H and O–H groups in total. The summed E-state index contributed by atoms with van der Waals surface area (Å²) in [5.74, 6) is 0.710. The Bertz CT molecular complexity index is 1090. The molecule has 3 aromatic rings. The van der Waals surface area contributed by atoms with Gasteiger partial charge in [0.2, 0.25) is 0 Å². The molecule has 31 heavy (non-hydrogen) atoms. The van der Waals surface area contributed by atoms with E-state index in [1.807, 2.05) is 42.2 Å². The van der Waals surface area contributed by atoms with Gasteiger partial charge in [0.1, 0.15) is 11.3 Å². The summed E-state index contributed by atoms with van der Waals surface area (Å²) >= 11 is 1.55. The van der Waals surface area contributed by atoms with Gasteiger partial charge in [-0.05, 0) is 55.7 Å². The summed E-state index contributed by atoms with van der Waals surface area (Å²) in [4.78, 5) is 22.6. The van der Waals surface area contributed by atoms with Crippen LogP contribution in [0.25, 0.3) is 10.2 Å². The Balaban J connectivity index is 1.70. The average molecular weight is 440 g/mol. The first-order valence-electron chi connectivity index (χ1n) is 10.6. The van der Waals surface area contributed by atoms with Crippen molar-refractivity contribution >= 4 is 32.6 Å². The number of ether oxygens (including phenoxy) is 2. The van der Waals surface area contributed by atoms with Crippen LogP contribution in [0.15, 0.2) is 30.3 Å². The van der Waals surface area contributed by atoms with E-state index in [2.05, 4.69) is 18.7 Å². The first-order valence-corrected chi connectivity index (χ1v) is 11.4. The number of benzene rings is 2. The van der Waals surface area contributed by atoms with E-state index in [1.54, 1.807) is 18.4 Å². The van der Waals surface area contributed by atoms with E-state index in [-0.39, 0.29) is 5.91 Å². The van der Waals surface area contributed by atoms with Crippen LogP contribution in [0.1, 0.15) is 27.0 Å². The predicted octanol–water partition coefficient (Wildman–Crippen LogP) is 4.21. The van der Waals surface area contributed by atoms with E-state index < -0.39 is 0 Å². The third-order valence-corrected chi connectivity index (χ3v) is 7.10. The number of carbonyl (C=O) groups is 1. The number of hydrogen-bond acceptors (Lipinski definition) is 6. The first-order chi connectivity index (χ1) is 15.0. The standard InChI is InChI=1S/C24H29N3O3S/c1-16-5-7-19(15-18(16)3)23(28)27(10-9-26-11-13-30-14-12-26)24-25-21-20(29-4)8-6-17(2)22(21)31-24/h5-8,15H,9-14H2,1-4H3. The zero-order chi connectivity index (χ0) is 22.0. The van der Waals surface area contributed by atoms with Crippen molar-refractivity contribution in [2.75, 3.05) is 51.4 Å². The second kappa shape index (κ2) is 9.34. The van der Waals surface area contributed by atoms with Gasteiger partial charge in [-0.3, -0.25) is 14.6 Å². The van der Waals surface area contributed by atoms with E-state index in [4.69, 9.17) is 14.5 Å². The summed E-state index contributed by atoms with van der Waals surface area (Å²) in [6.07, 6.45) is 0. The minimum Gasteiger partial charge on any atom is -0.494 e. The van der Waals surface area contributed by atoms with Crippen molar-refractivity contribution in [3.63, 3.8) is 0 Å². The molecule has 0 atom stereocenters. The number of nitrogens with zero attached hydrogens (tertiary/aromatic N) is 3. The van der Waals surface area contributed by atoms with Crippen molar-refractivity contribution in [2.45, 2.75) is 20.8 Å². The summed E-state index contributed by atoms with van der Waals surface area (Å²) in [6, 6.07) is 9.86. The van der Waals surface area contributed by atoms with Gasteiger partial charge in [0.05, 0.1) is 25.0 Å². The summed E-state index contributed by atoms with van der Waals surface area (Å²) < 4.78 is 12.0. The van der Waals surface area contributed by atoms with Gasteiger partial charge in [-0.15, -0.1) is 0 Å². The molecule has 1 aromatic heterocycles. The van der Waals surface area contributed by atoms with Crippen molar-refractivity contribution < 1.29 is 14.3 Å². The molecule has 0 radical (unpaired) electrons. The Kier molecular flexibility index (Phi) is 6.55. The van der Waals surface area contributed by atoms with Crippen LogP contribution in [0.5, 0.6) is 5.75 Å². The molecule has 1 aliphatic rings. The molecule has 0 unspecified atom stereocenters. The van der Waals surface area contributed by atoms with Crippen LogP contribution in [0, 0.1) is 20.8 Å². The summed E-state index contributed by atoms with van der Waals surface area (Å²) in [7, 11) is 1.65. The van der Waals surface area contributed by atoms with Gasteiger partial charge in [-0.2, -0.15) is 0 Å². The second-order valence-corrected chi connectivity index (χ2v) is 8.95. The molecule has 1 amide bonds. The Morgan fingerprint density at radius 3 is 2.58 bits per heavy atom. The van der Waals surface area contributed by atoms with E-state index >= 15 is 0 Å². The molecule has 1 fully saturated rings. The largest absolute Gasteiger partial charge is 0.494 e. The highest BCUT2D eigenvalue weighted by molar-refractivity contribution is 7.22. The summed E-state index contributed by atoms with van der Waals surface area (Å²) in [5.41, 5.74) is 4.92.